The zero-order chi connectivity index (χ0) is 13.8. The fraction of sp³-hybridized carbons (Fsp3) is 0.500. The molecule has 0 amide bonds. The lowest BCUT2D eigenvalue weighted by atomic mass is 9.95. The predicted octanol–water partition coefficient (Wildman–Crippen LogP) is 3.03. The third kappa shape index (κ3) is 3.71. The van der Waals surface area contributed by atoms with Gasteiger partial charge in [0.1, 0.15) is 0 Å². The Morgan fingerprint density at radius 1 is 1.50 bits per heavy atom. The van der Waals surface area contributed by atoms with E-state index in [-0.39, 0.29) is 17.6 Å². The Bertz CT molecular complexity index is 452. The number of methoxy groups -OCH3 is 1. The van der Waals surface area contributed by atoms with Crippen LogP contribution in [-0.2, 0) is 0 Å². The number of hydrogen-bond acceptors (Lipinski definition) is 3. The lowest BCUT2D eigenvalue weighted by Gasteiger charge is -2.21. The highest BCUT2D eigenvalue weighted by Crippen LogP contribution is 2.23. The van der Waals surface area contributed by atoms with E-state index in [9.17, 15) is 4.39 Å². The molecule has 0 saturated carbocycles. The first kappa shape index (κ1) is 14.5. The molecule has 0 bridgehead atoms. The maximum atomic E-state index is 13.3. The molecule has 98 valence electrons. The van der Waals surface area contributed by atoms with Crippen molar-refractivity contribution < 1.29 is 9.13 Å². The van der Waals surface area contributed by atoms with E-state index < -0.39 is 5.41 Å². The van der Waals surface area contributed by atoms with Gasteiger partial charge in [0.25, 0.3) is 0 Å². The second-order valence-corrected chi connectivity index (χ2v) is 4.99. The van der Waals surface area contributed by atoms with Crippen molar-refractivity contribution in [1.29, 1.82) is 5.26 Å². The Morgan fingerprint density at radius 3 is 2.72 bits per heavy atom. The number of halogens is 1. The van der Waals surface area contributed by atoms with Crippen molar-refractivity contribution in [3.05, 3.63) is 29.6 Å². The van der Waals surface area contributed by atoms with E-state index in [0.717, 1.165) is 5.56 Å². The first-order valence-electron chi connectivity index (χ1n) is 5.87. The molecular formula is C14H19FN2O. The molecule has 1 aromatic carbocycles. The van der Waals surface area contributed by atoms with Crippen LogP contribution in [0.4, 0.5) is 4.39 Å². The van der Waals surface area contributed by atoms with E-state index in [2.05, 4.69) is 11.4 Å². The molecule has 1 N–H and O–H groups in total. The molecule has 0 aromatic heterocycles. The first-order chi connectivity index (χ1) is 8.39. The molecule has 18 heavy (non-hydrogen) atoms. The molecular weight excluding hydrogens is 231 g/mol. The van der Waals surface area contributed by atoms with Crippen molar-refractivity contribution >= 4 is 0 Å². The Hall–Kier alpha value is -1.60. The molecule has 0 aliphatic rings. The SMILES string of the molecule is COc1cc(C(C)NCC(C)(C)C#N)ccc1F. The molecule has 0 aliphatic carbocycles. The van der Waals surface area contributed by atoms with Crippen LogP contribution in [0, 0.1) is 22.6 Å². The highest BCUT2D eigenvalue weighted by atomic mass is 19.1. The van der Waals surface area contributed by atoms with E-state index in [1.807, 2.05) is 20.8 Å². The third-order valence-corrected chi connectivity index (χ3v) is 2.83. The number of nitrogens with zero attached hydrogens (tertiary/aromatic N) is 1. The first-order valence-corrected chi connectivity index (χ1v) is 5.87. The number of nitrogens with one attached hydrogen (secondary N) is 1. The van der Waals surface area contributed by atoms with Gasteiger partial charge >= 0.3 is 0 Å². The molecule has 0 spiro atoms. The maximum Gasteiger partial charge on any atom is 0.165 e. The van der Waals surface area contributed by atoms with Crippen molar-refractivity contribution in [2.45, 2.75) is 26.8 Å². The zero-order valence-corrected chi connectivity index (χ0v) is 11.2. The van der Waals surface area contributed by atoms with Crippen molar-refractivity contribution in [2.24, 2.45) is 5.41 Å². The van der Waals surface area contributed by atoms with Gasteiger partial charge in [0.15, 0.2) is 11.6 Å². The van der Waals surface area contributed by atoms with Crippen LogP contribution in [0.5, 0.6) is 5.75 Å². The van der Waals surface area contributed by atoms with Crippen molar-refractivity contribution in [3.8, 4) is 11.8 Å². The van der Waals surface area contributed by atoms with Gasteiger partial charge in [-0.05, 0) is 38.5 Å². The molecule has 1 atom stereocenters. The van der Waals surface area contributed by atoms with Crippen molar-refractivity contribution in [3.63, 3.8) is 0 Å². The lowest BCUT2D eigenvalue weighted by molar-refractivity contribution is 0.383. The average molecular weight is 250 g/mol. The van der Waals surface area contributed by atoms with E-state index in [1.165, 1.54) is 13.2 Å². The number of rotatable bonds is 5. The highest BCUT2D eigenvalue weighted by Gasteiger charge is 2.18. The summed E-state index contributed by atoms with van der Waals surface area (Å²) in [6, 6.07) is 7.05. The topological polar surface area (TPSA) is 45.0 Å². The van der Waals surface area contributed by atoms with E-state index in [0.29, 0.717) is 6.54 Å². The van der Waals surface area contributed by atoms with Gasteiger partial charge < -0.3 is 10.1 Å². The normalized spacial score (nSPS) is 12.9. The molecule has 1 unspecified atom stereocenters. The van der Waals surface area contributed by atoms with E-state index >= 15 is 0 Å². The highest BCUT2D eigenvalue weighted by molar-refractivity contribution is 5.31. The molecule has 0 heterocycles. The number of hydrogen-bond donors (Lipinski definition) is 1. The molecule has 0 saturated heterocycles. The summed E-state index contributed by atoms with van der Waals surface area (Å²) >= 11 is 0. The van der Waals surface area contributed by atoms with Crippen LogP contribution >= 0.6 is 0 Å². The summed E-state index contributed by atoms with van der Waals surface area (Å²) in [5, 5.41) is 12.2. The van der Waals surface area contributed by atoms with Crippen LogP contribution in [0.1, 0.15) is 32.4 Å². The van der Waals surface area contributed by atoms with Gasteiger partial charge in [-0.15, -0.1) is 0 Å². The number of ether oxygens (including phenoxy) is 1. The predicted molar refractivity (Wildman–Crippen MR) is 68.8 cm³/mol. The summed E-state index contributed by atoms with van der Waals surface area (Å²) < 4.78 is 18.2. The average Bonchev–Trinajstić information content (AvgIpc) is 2.36. The van der Waals surface area contributed by atoms with Gasteiger partial charge in [-0.3, -0.25) is 0 Å². The van der Waals surface area contributed by atoms with Gasteiger partial charge in [0.05, 0.1) is 18.6 Å². The standard InChI is InChI=1S/C14H19FN2O/c1-10(17-9-14(2,3)8-16)11-5-6-12(15)13(7-11)18-4/h5-7,10,17H,9H2,1-4H3. The van der Waals surface area contributed by atoms with Gasteiger partial charge in [-0.25, -0.2) is 4.39 Å². The van der Waals surface area contributed by atoms with Gasteiger partial charge in [-0.2, -0.15) is 5.26 Å². The summed E-state index contributed by atoms with van der Waals surface area (Å²) in [5.41, 5.74) is 0.514. The van der Waals surface area contributed by atoms with Crippen LogP contribution in [0.15, 0.2) is 18.2 Å². The molecule has 0 fully saturated rings. The molecule has 1 aromatic rings. The summed E-state index contributed by atoms with van der Waals surface area (Å²) in [6.45, 7) is 6.29. The van der Waals surface area contributed by atoms with Crippen molar-refractivity contribution in [1.82, 2.24) is 5.32 Å². The minimum absolute atomic E-state index is 0.0344. The molecule has 0 radical (unpaired) electrons. The number of nitriles is 1. The van der Waals surface area contributed by atoms with E-state index in [1.54, 1.807) is 12.1 Å². The monoisotopic (exact) mass is 250 g/mol. The number of benzene rings is 1. The molecule has 0 aliphatic heterocycles. The van der Waals surface area contributed by atoms with Crippen molar-refractivity contribution in [2.75, 3.05) is 13.7 Å². The maximum absolute atomic E-state index is 13.3. The largest absolute Gasteiger partial charge is 0.494 e. The second-order valence-electron chi connectivity index (χ2n) is 4.99. The van der Waals surface area contributed by atoms with Gasteiger partial charge in [-0.1, -0.05) is 6.07 Å². The van der Waals surface area contributed by atoms with Crippen LogP contribution in [0.25, 0.3) is 0 Å². The second kappa shape index (κ2) is 5.83. The summed E-state index contributed by atoms with van der Waals surface area (Å²) in [5.74, 6) is -0.133. The summed E-state index contributed by atoms with van der Waals surface area (Å²) in [4.78, 5) is 0. The summed E-state index contributed by atoms with van der Waals surface area (Å²) in [7, 11) is 1.44. The van der Waals surface area contributed by atoms with Crippen LogP contribution in [-0.4, -0.2) is 13.7 Å². The minimum atomic E-state index is -0.418. The Kier molecular flexibility index (Phi) is 4.69. The van der Waals surface area contributed by atoms with Crippen LogP contribution in [0.3, 0.4) is 0 Å². The Morgan fingerprint density at radius 2 is 2.17 bits per heavy atom. The fourth-order valence-electron chi connectivity index (χ4n) is 1.51. The lowest BCUT2D eigenvalue weighted by Crippen LogP contribution is -2.30. The minimum Gasteiger partial charge on any atom is -0.494 e. The van der Waals surface area contributed by atoms with E-state index in [4.69, 9.17) is 10.00 Å². The summed E-state index contributed by atoms with van der Waals surface area (Å²) in [6.07, 6.45) is 0. The quantitative estimate of drug-likeness (QED) is 0.873. The van der Waals surface area contributed by atoms with Gasteiger partial charge in [0.2, 0.25) is 0 Å². The van der Waals surface area contributed by atoms with Crippen LogP contribution in [0.2, 0.25) is 0 Å². The molecule has 1 rings (SSSR count). The zero-order valence-electron chi connectivity index (χ0n) is 11.2. The molecule has 3 nitrogen and oxygen atoms in total. The third-order valence-electron chi connectivity index (χ3n) is 2.83. The Balaban J connectivity index is 2.73. The van der Waals surface area contributed by atoms with Crippen LogP contribution < -0.4 is 10.1 Å². The smallest absolute Gasteiger partial charge is 0.165 e. The molecule has 4 heteroatoms. The Labute approximate surface area is 108 Å². The fourth-order valence-corrected chi connectivity index (χ4v) is 1.51. The van der Waals surface area contributed by atoms with Gasteiger partial charge in [0, 0.05) is 12.6 Å².